The second kappa shape index (κ2) is 29.1. The smallest absolute Gasteiger partial charge is 0.136 e. The first-order valence-corrected chi connectivity index (χ1v) is 36.5. The van der Waals surface area contributed by atoms with Gasteiger partial charge in [0.05, 0.1) is 17.1 Å². The van der Waals surface area contributed by atoms with Gasteiger partial charge in [-0.3, -0.25) is 0 Å². The van der Waals surface area contributed by atoms with Crippen LogP contribution < -0.4 is 14.7 Å². The van der Waals surface area contributed by atoms with Gasteiger partial charge in [-0.25, -0.2) is 0 Å². The fourth-order valence-electron chi connectivity index (χ4n) is 11.9. The molecule has 0 unspecified atom stereocenters. The largest absolute Gasteiger partial charge is 0.462 e. The zero-order valence-corrected chi connectivity index (χ0v) is 65.4. The minimum atomic E-state index is 0.0383. The van der Waals surface area contributed by atoms with E-state index in [0.717, 1.165) is 84.0 Å². The molecule has 0 radical (unpaired) electrons. The molecule has 12 aromatic rings. The Bertz CT molecular complexity index is 4630. The molecule has 0 aliphatic carbocycles. The number of furan rings is 2. The van der Waals surface area contributed by atoms with Crippen LogP contribution in [0, 0.1) is 3.57 Å². The van der Waals surface area contributed by atoms with E-state index < -0.39 is 0 Å². The maximum atomic E-state index is 6.10. The summed E-state index contributed by atoms with van der Waals surface area (Å²) in [5, 5.41) is 2.17. The van der Waals surface area contributed by atoms with Crippen molar-refractivity contribution < 1.29 is 8.83 Å². The van der Waals surface area contributed by atoms with Gasteiger partial charge < -0.3 is 23.5 Å². The number of halogens is 3. The monoisotopic (exact) mass is 1520 g/mol. The SMILES string of the molecule is CC(C)(C)c1ccc(Cc2cccc(N(c3ccc(C(C)(C)C)cc3)c3coc4ccccc34)c2)cc1.CC(C)(C)c1ccc(I)c(Br)c1.CC(C)(C)c1ccc(N(c2cccc(N(c3ccc(C(C)(C)C)cc3)c3coc4ccccc34)c2)c2ccc(C(C)(C)C)cc2Br)cc1. The van der Waals surface area contributed by atoms with Crippen molar-refractivity contribution in [3.05, 3.63) is 300 Å². The molecule has 97 heavy (non-hydrogen) atoms. The lowest BCUT2D eigenvalue weighted by molar-refractivity contribution is 0.589. The number of hydrogen-bond donors (Lipinski definition) is 0. The third-order valence-corrected chi connectivity index (χ3v) is 20.9. The third kappa shape index (κ3) is 17.4. The van der Waals surface area contributed by atoms with Gasteiger partial charge in [-0.15, -0.1) is 0 Å². The Morgan fingerprint density at radius 1 is 0.289 bits per heavy atom. The normalized spacial score (nSPS) is 12.2. The van der Waals surface area contributed by atoms with Crippen LogP contribution in [0.25, 0.3) is 21.9 Å². The van der Waals surface area contributed by atoms with E-state index in [9.17, 15) is 0 Å². The zero-order chi connectivity index (χ0) is 70.0. The van der Waals surface area contributed by atoms with Crippen LogP contribution in [0.4, 0.5) is 51.2 Å². The number of nitrogens with zero attached hydrogens (tertiary/aromatic N) is 3. The summed E-state index contributed by atoms with van der Waals surface area (Å²) in [5.74, 6) is 0. The number of para-hydroxylation sites is 2. The van der Waals surface area contributed by atoms with Crippen LogP contribution in [-0.2, 0) is 38.9 Å². The van der Waals surface area contributed by atoms with Crippen LogP contribution in [0.5, 0.6) is 0 Å². The standard InChI is InChI=1S/C44H47BrN2O.C35H37NO.C10H12BrI/c1-42(2,3)30-17-22-33(23-18-30)46(39-26-21-32(27-38(39)45)44(7,8)9)35-13-12-14-36(28-35)47(34-24-19-31(20-25-34)43(4,5)6)40-29-48-41-16-11-10-15-37(40)41;1-34(2,3)27-16-14-25(15-17-27)22-26-10-9-11-30(23-26)36(29-20-18-28(19-21-29)35(4,5)6)32-24-37-33-13-8-7-12-31(32)33;1-10(2,3)7-4-5-9(12)8(11)6-7/h10-29H,1-9H3;7-21,23-24H,22H2,1-6H3;4-6H,1-3H3. The molecule has 2 aromatic heterocycles. The van der Waals surface area contributed by atoms with E-state index in [1.54, 1.807) is 0 Å². The first kappa shape index (κ1) is 72.1. The molecule has 12 rings (SSSR count). The Morgan fingerprint density at radius 3 is 1.00 bits per heavy atom. The maximum absolute atomic E-state index is 6.10. The molecular formula is C89H96Br2IN3O2. The molecule has 0 aliphatic heterocycles. The van der Waals surface area contributed by atoms with E-state index in [1.165, 1.54) is 52.6 Å². The van der Waals surface area contributed by atoms with Crippen molar-refractivity contribution in [3.63, 3.8) is 0 Å². The van der Waals surface area contributed by atoms with Crippen LogP contribution in [0.3, 0.4) is 0 Å². The molecule has 0 atom stereocenters. The summed E-state index contributed by atoms with van der Waals surface area (Å²) >= 11 is 9.84. The van der Waals surface area contributed by atoms with Crippen LogP contribution in [-0.4, -0.2) is 0 Å². The summed E-state index contributed by atoms with van der Waals surface area (Å²) in [7, 11) is 0. The van der Waals surface area contributed by atoms with E-state index in [4.69, 9.17) is 8.83 Å². The Morgan fingerprint density at radius 2 is 0.619 bits per heavy atom. The van der Waals surface area contributed by atoms with E-state index in [-0.39, 0.29) is 32.5 Å². The van der Waals surface area contributed by atoms with E-state index in [0.29, 0.717) is 0 Å². The molecule has 500 valence electrons. The van der Waals surface area contributed by atoms with Crippen LogP contribution in [0.15, 0.2) is 261 Å². The van der Waals surface area contributed by atoms with Gasteiger partial charge in [0, 0.05) is 57.4 Å². The average molecular weight is 1530 g/mol. The Balaban J connectivity index is 0.000000184. The van der Waals surface area contributed by atoms with Crippen LogP contribution >= 0.6 is 54.5 Å². The molecule has 0 spiro atoms. The zero-order valence-electron chi connectivity index (χ0n) is 60.1. The number of anilines is 9. The maximum Gasteiger partial charge on any atom is 0.136 e. The summed E-state index contributed by atoms with van der Waals surface area (Å²) < 4.78 is 15.6. The fraction of sp³-hybridized carbons (Fsp3) is 0.281. The van der Waals surface area contributed by atoms with Gasteiger partial charge in [0.25, 0.3) is 0 Å². The van der Waals surface area contributed by atoms with Crippen molar-refractivity contribution in [2.24, 2.45) is 0 Å². The first-order chi connectivity index (χ1) is 45.6. The summed E-state index contributed by atoms with van der Waals surface area (Å²) in [6.07, 6.45) is 4.64. The molecule has 2 heterocycles. The average Bonchev–Trinajstić information content (AvgIpc) is 1.77. The highest BCUT2D eigenvalue weighted by atomic mass is 127. The molecule has 0 amide bonds. The quantitative estimate of drug-likeness (QED) is 0.121. The third-order valence-electron chi connectivity index (χ3n) is 18.0. The van der Waals surface area contributed by atoms with E-state index in [2.05, 4.69) is 400 Å². The lowest BCUT2D eigenvalue weighted by Gasteiger charge is -2.31. The predicted molar refractivity (Wildman–Crippen MR) is 432 cm³/mol. The highest BCUT2D eigenvalue weighted by Gasteiger charge is 2.26. The Kier molecular flexibility index (Phi) is 21.6. The predicted octanol–water partition coefficient (Wildman–Crippen LogP) is 28.5. The second-order valence-electron chi connectivity index (χ2n) is 31.7. The first-order valence-electron chi connectivity index (χ1n) is 33.8. The fourth-order valence-corrected chi connectivity index (χ4v) is 13.2. The van der Waals surface area contributed by atoms with Gasteiger partial charge in [-0.05, 0) is 253 Å². The van der Waals surface area contributed by atoms with Gasteiger partial charge in [0.2, 0.25) is 0 Å². The van der Waals surface area contributed by atoms with Crippen LogP contribution in [0.1, 0.15) is 169 Å². The minimum Gasteiger partial charge on any atom is -0.462 e. The lowest BCUT2D eigenvalue weighted by Crippen LogP contribution is -2.16. The van der Waals surface area contributed by atoms with Crippen molar-refractivity contribution in [1.82, 2.24) is 0 Å². The molecule has 0 N–H and O–H groups in total. The number of benzene rings is 10. The summed E-state index contributed by atoms with van der Waals surface area (Å²) in [5.41, 5.74) is 22.6. The van der Waals surface area contributed by atoms with Crippen molar-refractivity contribution in [3.8, 4) is 0 Å². The summed E-state index contributed by atoms with van der Waals surface area (Å²) in [6, 6.07) is 83.3. The Labute approximate surface area is 609 Å². The van der Waals surface area contributed by atoms with Crippen molar-refractivity contribution in [2.45, 2.75) is 164 Å². The van der Waals surface area contributed by atoms with Crippen molar-refractivity contribution in [2.75, 3.05) is 14.7 Å². The molecule has 0 saturated heterocycles. The minimum absolute atomic E-state index is 0.0383. The highest BCUT2D eigenvalue weighted by Crippen LogP contribution is 2.47. The van der Waals surface area contributed by atoms with E-state index >= 15 is 0 Å². The van der Waals surface area contributed by atoms with Gasteiger partial charge >= 0.3 is 0 Å². The highest BCUT2D eigenvalue weighted by molar-refractivity contribution is 14.1. The van der Waals surface area contributed by atoms with Crippen molar-refractivity contribution in [1.29, 1.82) is 0 Å². The van der Waals surface area contributed by atoms with Gasteiger partial charge in [0.1, 0.15) is 23.7 Å². The molecule has 0 saturated carbocycles. The Hall–Kier alpha value is -7.63. The molecule has 5 nitrogen and oxygen atoms in total. The molecule has 10 aromatic carbocycles. The number of rotatable bonds is 11. The molecule has 0 aliphatic rings. The lowest BCUT2D eigenvalue weighted by atomic mass is 9.86. The topological polar surface area (TPSA) is 36.0 Å². The molecular weight excluding hydrogens is 1430 g/mol. The summed E-state index contributed by atoms with van der Waals surface area (Å²) in [6.45, 7) is 40.5. The number of hydrogen-bond acceptors (Lipinski definition) is 5. The van der Waals surface area contributed by atoms with E-state index in [1.807, 2.05) is 36.8 Å². The summed E-state index contributed by atoms with van der Waals surface area (Å²) in [4.78, 5) is 6.96. The van der Waals surface area contributed by atoms with Crippen LogP contribution in [0.2, 0.25) is 0 Å². The van der Waals surface area contributed by atoms with Gasteiger partial charge in [0.15, 0.2) is 0 Å². The van der Waals surface area contributed by atoms with Gasteiger partial charge in [-0.1, -0.05) is 240 Å². The number of fused-ring (bicyclic) bond motifs is 2. The van der Waals surface area contributed by atoms with Crippen molar-refractivity contribution >= 4 is 128 Å². The molecule has 8 heteroatoms. The second-order valence-corrected chi connectivity index (χ2v) is 34.6. The van der Waals surface area contributed by atoms with Gasteiger partial charge in [-0.2, -0.15) is 0 Å². The molecule has 0 fully saturated rings. The molecule has 0 bridgehead atoms.